The fourth-order valence-electron chi connectivity index (χ4n) is 3.27. The van der Waals surface area contributed by atoms with Gasteiger partial charge >= 0.3 is 0 Å². The van der Waals surface area contributed by atoms with Gasteiger partial charge in [0, 0.05) is 38.3 Å². The van der Waals surface area contributed by atoms with Crippen LogP contribution in [-0.2, 0) is 4.79 Å². The summed E-state index contributed by atoms with van der Waals surface area (Å²) in [4.78, 5) is 25.4. The molecule has 0 bridgehead atoms. The molecule has 4 rings (SSSR count). The number of rotatable bonds is 3. The summed E-state index contributed by atoms with van der Waals surface area (Å²) in [5.41, 5.74) is 0.844. The molecule has 2 aromatic rings. The molecule has 1 amide bonds. The first-order valence-corrected chi connectivity index (χ1v) is 8.52. The maximum absolute atomic E-state index is 12.4. The fourth-order valence-corrected chi connectivity index (χ4v) is 3.27. The van der Waals surface area contributed by atoms with Gasteiger partial charge in [0.25, 0.3) is 5.89 Å². The lowest BCUT2D eigenvalue weighted by atomic mass is 9.84. The standard InChI is InChI=1S/C17H21N5O2/c1-12-19-16(24-20-12)14-6-3-7-18-15(14)21-8-10-22(11-9-21)17(23)13-4-2-5-13/h3,6-7,13H,2,4-5,8-11H2,1H3. The minimum atomic E-state index is 0.267. The number of piperazine rings is 1. The molecule has 0 unspecified atom stereocenters. The van der Waals surface area contributed by atoms with Gasteiger partial charge in [-0.25, -0.2) is 4.98 Å². The Labute approximate surface area is 140 Å². The van der Waals surface area contributed by atoms with E-state index >= 15 is 0 Å². The smallest absolute Gasteiger partial charge is 0.261 e. The zero-order valence-electron chi connectivity index (χ0n) is 13.8. The molecule has 1 saturated heterocycles. The second kappa shape index (κ2) is 6.22. The van der Waals surface area contributed by atoms with Crippen LogP contribution in [0.3, 0.4) is 0 Å². The van der Waals surface area contributed by atoms with E-state index in [1.54, 1.807) is 13.1 Å². The Morgan fingerprint density at radius 2 is 2.04 bits per heavy atom. The average molecular weight is 327 g/mol. The number of carbonyl (C=O) groups is 1. The third-order valence-corrected chi connectivity index (χ3v) is 4.89. The number of nitrogens with zero attached hydrogens (tertiary/aromatic N) is 5. The van der Waals surface area contributed by atoms with E-state index in [1.807, 2.05) is 17.0 Å². The van der Waals surface area contributed by atoms with Crippen molar-refractivity contribution < 1.29 is 9.32 Å². The SMILES string of the molecule is Cc1noc(-c2cccnc2N2CCN(C(=O)C3CCC3)CC2)n1. The summed E-state index contributed by atoms with van der Waals surface area (Å²) in [5, 5.41) is 3.86. The molecule has 3 heterocycles. The molecule has 2 fully saturated rings. The first-order valence-electron chi connectivity index (χ1n) is 8.52. The molecule has 0 aromatic carbocycles. The van der Waals surface area contributed by atoms with Crippen molar-refractivity contribution in [3.05, 3.63) is 24.2 Å². The molecule has 0 spiro atoms. The van der Waals surface area contributed by atoms with E-state index in [9.17, 15) is 4.79 Å². The topological polar surface area (TPSA) is 75.4 Å². The van der Waals surface area contributed by atoms with Gasteiger partial charge in [-0.05, 0) is 31.9 Å². The second-order valence-corrected chi connectivity index (χ2v) is 6.46. The Morgan fingerprint density at radius 1 is 1.25 bits per heavy atom. The number of aryl methyl sites for hydroxylation is 1. The monoisotopic (exact) mass is 327 g/mol. The third kappa shape index (κ3) is 2.74. The molecular formula is C17H21N5O2. The Kier molecular flexibility index (Phi) is 3.92. The molecular weight excluding hydrogens is 306 g/mol. The largest absolute Gasteiger partial charge is 0.352 e. The van der Waals surface area contributed by atoms with Gasteiger partial charge in [0.15, 0.2) is 5.82 Å². The number of hydrogen-bond acceptors (Lipinski definition) is 6. The lowest BCUT2D eigenvalue weighted by Crippen LogP contribution is -2.51. The van der Waals surface area contributed by atoms with Crippen LogP contribution in [0.5, 0.6) is 0 Å². The van der Waals surface area contributed by atoms with E-state index in [1.165, 1.54) is 6.42 Å². The molecule has 2 aromatic heterocycles. The van der Waals surface area contributed by atoms with Crippen LogP contribution in [0.25, 0.3) is 11.5 Å². The Balaban J connectivity index is 1.49. The molecule has 1 aliphatic carbocycles. The van der Waals surface area contributed by atoms with E-state index < -0.39 is 0 Å². The number of carbonyl (C=O) groups excluding carboxylic acids is 1. The Bertz CT molecular complexity index is 732. The Hall–Kier alpha value is -2.44. The third-order valence-electron chi connectivity index (χ3n) is 4.89. The molecule has 126 valence electrons. The van der Waals surface area contributed by atoms with Crippen LogP contribution in [0.2, 0.25) is 0 Å². The van der Waals surface area contributed by atoms with Gasteiger partial charge < -0.3 is 14.3 Å². The van der Waals surface area contributed by atoms with Crippen molar-refractivity contribution in [2.24, 2.45) is 5.92 Å². The second-order valence-electron chi connectivity index (χ2n) is 6.46. The number of hydrogen-bond donors (Lipinski definition) is 0. The minimum absolute atomic E-state index is 0.267. The van der Waals surface area contributed by atoms with Crippen LogP contribution in [0.15, 0.2) is 22.9 Å². The molecule has 2 aliphatic rings. The van der Waals surface area contributed by atoms with E-state index in [0.717, 1.165) is 50.4 Å². The molecule has 0 N–H and O–H groups in total. The van der Waals surface area contributed by atoms with E-state index in [4.69, 9.17) is 4.52 Å². The van der Waals surface area contributed by atoms with Crippen LogP contribution in [-0.4, -0.2) is 52.1 Å². The summed E-state index contributed by atoms with van der Waals surface area (Å²) >= 11 is 0. The van der Waals surface area contributed by atoms with Crippen molar-refractivity contribution in [1.29, 1.82) is 0 Å². The van der Waals surface area contributed by atoms with Crippen LogP contribution < -0.4 is 4.90 Å². The highest BCUT2D eigenvalue weighted by molar-refractivity contribution is 5.80. The predicted octanol–water partition coefficient (Wildman–Crippen LogP) is 1.89. The highest BCUT2D eigenvalue weighted by Crippen LogP contribution is 2.30. The highest BCUT2D eigenvalue weighted by atomic mass is 16.5. The lowest BCUT2D eigenvalue weighted by molar-refractivity contribution is -0.138. The lowest BCUT2D eigenvalue weighted by Gasteiger charge is -2.39. The number of amides is 1. The summed E-state index contributed by atoms with van der Waals surface area (Å²) in [5.74, 6) is 2.54. The maximum atomic E-state index is 12.4. The summed E-state index contributed by atoms with van der Waals surface area (Å²) in [7, 11) is 0. The summed E-state index contributed by atoms with van der Waals surface area (Å²) in [6, 6.07) is 3.82. The van der Waals surface area contributed by atoms with E-state index in [2.05, 4.69) is 20.0 Å². The van der Waals surface area contributed by atoms with Crippen LogP contribution >= 0.6 is 0 Å². The first kappa shape index (κ1) is 15.1. The van der Waals surface area contributed by atoms with Crippen LogP contribution in [0.4, 0.5) is 5.82 Å². The van der Waals surface area contributed by atoms with Gasteiger partial charge in [-0.2, -0.15) is 4.98 Å². The van der Waals surface area contributed by atoms with Crippen molar-refractivity contribution in [1.82, 2.24) is 20.0 Å². The maximum Gasteiger partial charge on any atom is 0.261 e. The van der Waals surface area contributed by atoms with Crippen molar-refractivity contribution in [2.45, 2.75) is 26.2 Å². The zero-order valence-corrected chi connectivity index (χ0v) is 13.8. The number of anilines is 1. The molecule has 1 saturated carbocycles. The van der Waals surface area contributed by atoms with Crippen molar-refractivity contribution >= 4 is 11.7 Å². The summed E-state index contributed by atoms with van der Waals surface area (Å²) < 4.78 is 5.30. The van der Waals surface area contributed by atoms with E-state index in [-0.39, 0.29) is 5.92 Å². The van der Waals surface area contributed by atoms with Gasteiger partial charge in [0.1, 0.15) is 5.82 Å². The van der Waals surface area contributed by atoms with Gasteiger partial charge in [-0.1, -0.05) is 11.6 Å². The number of pyridine rings is 1. The molecule has 0 atom stereocenters. The highest BCUT2D eigenvalue weighted by Gasteiger charge is 2.32. The van der Waals surface area contributed by atoms with Crippen molar-refractivity contribution in [3.8, 4) is 11.5 Å². The van der Waals surface area contributed by atoms with E-state index in [0.29, 0.717) is 17.6 Å². The number of aromatic nitrogens is 3. The quantitative estimate of drug-likeness (QED) is 0.857. The van der Waals surface area contributed by atoms with Crippen LogP contribution in [0, 0.1) is 12.8 Å². The molecule has 0 radical (unpaired) electrons. The normalized spacial score (nSPS) is 18.5. The van der Waals surface area contributed by atoms with Gasteiger partial charge in [0.05, 0.1) is 5.56 Å². The van der Waals surface area contributed by atoms with Crippen molar-refractivity contribution in [2.75, 3.05) is 31.1 Å². The zero-order chi connectivity index (χ0) is 16.5. The van der Waals surface area contributed by atoms with Gasteiger partial charge in [-0.3, -0.25) is 4.79 Å². The molecule has 1 aliphatic heterocycles. The fraction of sp³-hybridized carbons (Fsp3) is 0.529. The summed E-state index contributed by atoms with van der Waals surface area (Å²) in [6.07, 6.45) is 5.07. The Morgan fingerprint density at radius 3 is 2.67 bits per heavy atom. The van der Waals surface area contributed by atoms with Gasteiger partial charge in [-0.15, -0.1) is 0 Å². The van der Waals surface area contributed by atoms with Crippen molar-refractivity contribution in [3.63, 3.8) is 0 Å². The molecule has 24 heavy (non-hydrogen) atoms. The van der Waals surface area contributed by atoms with Gasteiger partial charge in [0.2, 0.25) is 5.91 Å². The minimum Gasteiger partial charge on any atom is -0.352 e. The first-order chi connectivity index (χ1) is 11.7. The van der Waals surface area contributed by atoms with Crippen LogP contribution in [0.1, 0.15) is 25.1 Å². The average Bonchev–Trinajstić information content (AvgIpc) is 3.00. The molecule has 7 heteroatoms. The molecule has 7 nitrogen and oxygen atoms in total. The summed E-state index contributed by atoms with van der Waals surface area (Å²) in [6.45, 7) is 4.83. The predicted molar refractivity (Wildman–Crippen MR) is 88.4 cm³/mol.